The largest absolute Gasteiger partial charge is 0.491 e. The van der Waals surface area contributed by atoms with E-state index in [1.54, 1.807) is 18.4 Å². The van der Waals surface area contributed by atoms with Gasteiger partial charge in [-0.25, -0.2) is 12.8 Å². The number of halogens is 1. The monoisotopic (exact) mass is 462 g/mol. The number of benzene rings is 2. The summed E-state index contributed by atoms with van der Waals surface area (Å²) in [6, 6.07) is 15.2. The van der Waals surface area contributed by atoms with Crippen molar-refractivity contribution in [2.75, 3.05) is 17.5 Å². The Balaban J connectivity index is 1.71. The van der Waals surface area contributed by atoms with Crippen molar-refractivity contribution in [3.05, 3.63) is 77.4 Å². The van der Waals surface area contributed by atoms with Gasteiger partial charge in [0.05, 0.1) is 11.7 Å². The molecule has 9 heteroatoms. The van der Waals surface area contributed by atoms with Gasteiger partial charge in [-0.15, -0.1) is 11.3 Å². The third-order valence-electron chi connectivity index (χ3n) is 4.43. The molecule has 0 saturated heterocycles. The Morgan fingerprint density at radius 3 is 2.48 bits per heavy atom. The predicted octanol–water partition coefficient (Wildman–Crippen LogP) is 3.97. The zero-order valence-corrected chi connectivity index (χ0v) is 18.8. The number of para-hydroxylation sites is 1. The molecule has 31 heavy (non-hydrogen) atoms. The van der Waals surface area contributed by atoms with Crippen LogP contribution in [-0.4, -0.2) is 33.5 Å². The van der Waals surface area contributed by atoms with E-state index in [9.17, 15) is 17.6 Å². The van der Waals surface area contributed by atoms with E-state index >= 15 is 0 Å². The fourth-order valence-corrected chi connectivity index (χ4v) is 5.39. The summed E-state index contributed by atoms with van der Waals surface area (Å²) in [5.41, 5.74) is 1.18. The van der Waals surface area contributed by atoms with E-state index in [1.807, 2.05) is 31.2 Å². The lowest BCUT2D eigenvalue weighted by Crippen LogP contribution is -2.45. The van der Waals surface area contributed by atoms with E-state index in [2.05, 4.69) is 5.32 Å². The lowest BCUT2D eigenvalue weighted by molar-refractivity contribution is -0.120. The minimum absolute atomic E-state index is 0.0977. The Bertz CT molecular complexity index is 1120. The van der Waals surface area contributed by atoms with Gasteiger partial charge in [-0.3, -0.25) is 9.10 Å². The van der Waals surface area contributed by atoms with Crippen LogP contribution in [0.1, 0.15) is 12.5 Å². The molecule has 1 heterocycles. The smallest absolute Gasteiger partial charge is 0.274 e. The molecule has 1 N–H and O–H groups in total. The molecule has 0 spiro atoms. The van der Waals surface area contributed by atoms with Gasteiger partial charge in [0.2, 0.25) is 5.91 Å². The average molecular weight is 463 g/mol. The van der Waals surface area contributed by atoms with Crippen LogP contribution in [-0.2, 0) is 14.8 Å². The number of carbonyl (C=O) groups is 1. The minimum atomic E-state index is -3.98. The molecule has 0 fully saturated rings. The van der Waals surface area contributed by atoms with Gasteiger partial charge in [0.1, 0.15) is 28.9 Å². The van der Waals surface area contributed by atoms with E-state index in [-0.39, 0.29) is 22.5 Å². The van der Waals surface area contributed by atoms with Crippen molar-refractivity contribution in [3.8, 4) is 5.75 Å². The summed E-state index contributed by atoms with van der Waals surface area (Å²) in [6.45, 7) is 3.48. The molecule has 1 aromatic heterocycles. The summed E-state index contributed by atoms with van der Waals surface area (Å²) in [5, 5.41) is 4.40. The quantitative estimate of drug-likeness (QED) is 0.522. The molecule has 0 aliphatic rings. The topological polar surface area (TPSA) is 75.7 Å². The highest BCUT2D eigenvalue weighted by molar-refractivity contribution is 7.94. The number of hydrogen-bond donors (Lipinski definition) is 1. The first-order valence-corrected chi connectivity index (χ1v) is 11.9. The summed E-state index contributed by atoms with van der Waals surface area (Å²) in [5.74, 6) is -0.272. The number of aryl methyl sites for hydroxylation is 1. The van der Waals surface area contributed by atoms with Gasteiger partial charge in [-0.05, 0) is 61.2 Å². The highest BCUT2D eigenvalue weighted by Gasteiger charge is 2.28. The van der Waals surface area contributed by atoms with Gasteiger partial charge in [-0.1, -0.05) is 24.3 Å². The first kappa shape index (κ1) is 22.8. The molecule has 3 aromatic rings. The third kappa shape index (κ3) is 5.83. The van der Waals surface area contributed by atoms with Crippen LogP contribution < -0.4 is 14.4 Å². The molecule has 1 atom stereocenters. The van der Waals surface area contributed by atoms with Crippen LogP contribution in [0, 0.1) is 12.7 Å². The van der Waals surface area contributed by atoms with Crippen molar-refractivity contribution >= 4 is 33.0 Å². The molecule has 3 rings (SSSR count). The second-order valence-electron chi connectivity index (χ2n) is 6.97. The average Bonchev–Trinajstić information content (AvgIpc) is 3.28. The van der Waals surface area contributed by atoms with Crippen molar-refractivity contribution in [1.29, 1.82) is 0 Å². The minimum Gasteiger partial charge on any atom is -0.491 e. The Morgan fingerprint density at radius 1 is 1.13 bits per heavy atom. The predicted molar refractivity (Wildman–Crippen MR) is 120 cm³/mol. The van der Waals surface area contributed by atoms with Gasteiger partial charge in [-0.2, -0.15) is 0 Å². The van der Waals surface area contributed by atoms with Crippen LogP contribution in [0.3, 0.4) is 0 Å². The summed E-state index contributed by atoms with van der Waals surface area (Å²) in [4.78, 5) is 12.7. The molecule has 164 valence electrons. The standard InChI is InChI=1S/C22H23FN2O4S2/c1-16-6-3-4-7-20(16)29-15-17(2)24-21(26)14-25(19-11-9-18(23)10-12-19)31(27,28)22-8-5-13-30-22/h3-13,17H,14-15H2,1-2H3,(H,24,26). The maximum absolute atomic E-state index is 13.3. The normalized spacial score (nSPS) is 12.2. The lowest BCUT2D eigenvalue weighted by Gasteiger charge is -2.24. The summed E-state index contributed by atoms with van der Waals surface area (Å²) >= 11 is 1.05. The molecule has 1 unspecified atom stereocenters. The third-order valence-corrected chi connectivity index (χ3v) is 7.58. The highest BCUT2D eigenvalue weighted by Crippen LogP contribution is 2.26. The van der Waals surface area contributed by atoms with E-state index in [0.717, 1.165) is 39.1 Å². The second-order valence-corrected chi connectivity index (χ2v) is 10.0. The molecule has 0 saturated carbocycles. The van der Waals surface area contributed by atoms with Crippen molar-refractivity contribution in [3.63, 3.8) is 0 Å². The van der Waals surface area contributed by atoms with Crippen LogP contribution >= 0.6 is 11.3 Å². The second kappa shape index (κ2) is 9.93. The zero-order valence-electron chi connectivity index (χ0n) is 17.1. The van der Waals surface area contributed by atoms with E-state index in [1.165, 1.54) is 18.2 Å². The number of amides is 1. The molecular formula is C22H23FN2O4S2. The SMILES string of the molecule is Cc1ccccc1OCC(C)NC(=O)CN(c1ccc(F)cc1)S(=O)(=O)c1cccs1. The maximum atomic E-state index is 13.3. The fourth-order valence-electron chi connectivity index (χ4n) is 2.87. The summed E-state index contributed by atoms with van der Waals surface area (Å²) < 4.78 is 46.3. The number of hydrogen-bond acceptors (Lipinski definition) is 5. The Morgan fingerprint density at radius 2 is 1.84 bits per heavy atom. The number of carbonyl (C=O) groups excluding carboxylic acids is 1. The van der Waals surface area contributed by atoms with Crippen LogP contribution in [0.2, 0.25) is 0 Å². The number of nitrogens with zero attached hydrogens (tertiary/aromatic N) is 1. The van der Waals surface area contributed by atoms with Crippen LogP contribution in [0.25, 0.3) is 0 Å². The summed E-state index contributed by atoms with van der Waals surface area (Å²) in [6.07, 6.45) is 0. The Hall–Kier alpha value is -2.91. The first-order valence-electron chi connectivity index (χ1n) is 9.57. The number of sulfonamides is 1. The molecule has 0 radical (unpaired) electrons. The van der Waals surface area contributed by atoms with Crippen molar-refractivity contribution in [1.82, 2.24) is 5.32 Å². The van der Waals surface area contributed by atoms with Crippen LogP contribution in [0.4, 0.5) is 10.1 Å². The van der Waals surface area contributed by atoms with Gasteiger partial charge in [0, 0.05) is 0 Å². The maximum Gasteiger partial charge on any atom is 0.274 e. The van der Waals surface area contributed by atoms with Gasteiger partial charge >= 0.3 is 0 Å². The molecule has 0 aliphatic heterocycles. The number of nitrogens with one attached hydrogen (secondary N) is 1. The van der Waals surface area contributed by atoms with Crippen LogP contribution in [0.15, 0.2) is 70.3 Å². The Kier molecular flexibility index (Phi) is 7.29. The lowest BCUT2D eigenvalue weighted by atomic mass is 10.2. The molecule has 1 amide bonds. The van der Waals surface area contributed by atoms with Crippen molar-refractivity contribution < 1.29 is 22.3 Å². The molecule has 0 aliphatic carbocycles. The molecular weight excluding hydrogens is 439 g/mol. The first-order chi connectivity index (χ1) is 14.8. The summed E-state index contributed by atoms with van der Waals surface area (Å²) in [7, 11) is -3.98. The van der Waals surface area contributed by atoms with Gasteiger partial charge in [0.15, 0.2) is 0 Å². The number of ether oxygens (including phenoxy) is 1. The molecule has 6 nitrogen and oxygen atoms in total. The highest BCUT2D eigenvalue weighted by atomic mass is 32.2. The van der Waals surface area contributed by atoms with Crippen molar-refractivity contribution in [2.45, 2.75) is 24.1 Å². The zero-order chi connectivity index (χ0) is 22.4. The van der Waals surface area contributed by atoms with E-state index in [0.29, 0.717) is 0 Å². The van der Waals surface area contributed by atoms with Crippen molar-refractivity contribution in [2.24, 2.45) is 0 Å². The molecule has 0 bridgehead atoms. The Labute approximate surface area is 185 Å². The van der Waals surface area contributed by atoms with Gasteiger partial charge in [0.25, 0.3) is 10.0 Å². The van der Waals surface area contributed by atoms with E-state index < -0.39 is 28.3 Å². The van der Waals surface area contributed by atoms with E-state index in [4.69, 9.17) is 4.74 Å². The molecule has 2 aromatic carbocycles. The number of anilines is 1. The van der Waals surface area contributed by atoms with Gasteiger partial charge < -0.3 is 10.1 Å². The number of thiophene rings is 1. The number of rotatable bonds is 9. The van der Waals surface area contributed by atoms with Crippen LogP contribution in [0.5, 0.6) is 5.75 Å². The fraction of sp³-hybridized carbons (Fsp3) is 0.227.